The van der Waals surface area contributed by atoms with Crippen molar-refractivity contribution in [2.24, 2.45) is 0 Å². The van der Waals surface area contributed by atoms with Crippen molar-refractivity contribution in [3.8, 4) is 6.01 Å². The van der Waals surface area contributed by atoms with Crippen LogP contribution in [0, 0.1) is 0 Å². The largest absolute Gasteiger partial charge is 0.459 e. The Morgan fingerprint density at radius 2 is 1.50 bits per heavy atom. The van der Waals surface area contributed by atoms with Crippen LogP contribution in [0.1, 0.15) is 26.9 Å². The van der Waals surface area contributed by atoms with E-state index in [1.165, 1.54) is 16.8 Å². The number of rotatable bonds is 6. The molecule has 0 unspecified atom stereocenters. The van der Waals surface area contributed by atoms with Crippen molar-refractivity contribution >= 4 is 11.9 Å². The summed E-state index contributed by atoms with van der Waals surface area (Å²) in [5.74, 6) is -1.26. The first-order chi connectivity index (χ1) is 16.5. The highest BCUT2D eigenvalue weighted by Crippen LogP contribution is 2.44. The molecule has 174 valence electrons. The Balaban J connectivity index is 1.39. The van der Waals surface area contributed by atoms with Crippen LogP contribution in [0.4, 0.5) is 0 Å². The van der Waals surface area contributed by atoms with Crippen molar-refractivity contribution in [3.63, 3.8) is 0 Å². The van der Waals surface area contributed by atoms with E-state index in [4.69, 9.17) is 18.9 Å². The fraction of sp³-hybridized carbons (Fsp3) is 0.250. The van der Waals surface area contributed by atoms with Crippen LogP contribution in [0.25, 0.3) is 0 Å². The molecule has 3 heterocycles. The molecule has 3 atom stereocenters. The molecule has 0 bridgehead atoms. The highest BCUT2D eigenvalue weighted by molar-refractivity contribution is 5.90. The molecule has 3 aromatic rings. The highest BCUT2D eigenvalue weighted by Gasteiger charge is 2.61. The van der Waals surface area contributed by atoms with Gasteiger partial charge in [0.2, 0.25) is 0 Å². The zero-order valence-electron chi connectivity index (χ0n) is 17.8. The van der Waals surface area contributed by atoms with E-state index in [0.29, 0.717) is 11.1 Å². The topological polar surface area (TPSA) is 126 Å². The molecule has 10 nitrogen and oxygen atoms in total. The molecule has 34 heavy (non-hydrogen) atoms. The van der Waals surface area contributed by atoms with Gasteiger partial charge in [-0.2, -0.15) is 4.98 Å². The smallest absolute Gasteiger partial charge is 0.338 e. The molecule has 2 aliphatic heterocycles. The number of aliphatic hydroxyl groups excluding tert-OH is 1. The molecule has 1 aromatic heterocycles. The van der Waals surface area contributed by atoms with E-state index in [1.54, 1.807) is 60.7 Å². The summed E-state index contributed by atoms with van der Waals surface area (Å²) in [5.41, 5.74) is -1.49. The van der Waals surface area contributed by atoms with Crippen LogP contribution in [0.15, 0.2) is 77.7 Å². The number of esters is 2. The maximum atomic E-state index is 12.5. The van der Waals surface area contributed by atoms with Gasteiger partial charge in [-0.25, -0.2) is 9.59 Å². The van der Waals surface area contributed by atoms with Gasteiger partial charge in [0, 0.05) is 12.3 Å². The number of fused-ring (bicyclic) bond motifs is 3. The molecule has 0 radical (unpaired) electrons. The molecule has 0 aliphatic carbocycles. The normalized spacial score (nSPS) is 21.7. The number of ether oxygens (including phenoxy) is 4. The summed E-state index contributed by atoms with van der Waals surface area (Å²) in [5, 5.41) is 11.2. The van der Waals surface area contributed by atoms with Gasteiger partial charge in [-0.1, -0.05) is 36.4 Å². The third kappa shape index (κ3) is 3.93. The lowest BCUT2D eigenvalue weighted by molar-refractivity contribution is -0.152. The van der Waals surface area contributed by atoms with Gasteiger partial charge in [-0.15, -0.1) is 0 Å². The second-order valence-corrected chi connectivity index (χ2v) is 7.94. The van der Waals surface area contributed by atoms with Crippen molar-refractivity contribution in [1.82, 2.24) is 9.55 Å². The van der Waals surface area contributed by atoms with Crippen LogP contribution in [-0.4, -0.2) is 57.6 Å². The predicted octanol–water partition coefficient (Wildman–Crippen LogP) is 1.35. The fourth-order valence-corrected chi connectivity index (χ4v) is 3.94. The van der Waals surface area contributed by atoms with Crippen molar-refractivity contribution in [2.45, 2.75) is 24.0 Å². The molecule has 2 aliphatic rings. The van der Waals surface area contributed by atoms with Crippen LogP contribution in [0.2, 0.25) is 0 Å². The maximum Gasteiger partial charge on any atom is 0.338 e. The Labute approximate surface area is 193 Å². The van der Waals surface area contributed by atoms with Gasteiger partial charge in [0.25, 0.3) is 5.56 Å². The number of benzene rings is 2. The zero-order chi connectivity index (χ0) is 23.7. The van der Waals surface area contributed by atoms with Gasteiger partial charge in [-0.3, -0.25) is 9.36 Å². The summed E-state index contributed by atoms with van der Waals surface area (Å²) in [4.78, 5) is 40.4. The van der Waals surface area contributed by atoms with Gasteiger partial charge < -0.3 is 24.1 Å². The molecule has 5 rings (SSSR count). The number of hydrogen-bond acceptors (Lipinski definition) is 9. The van der Waals surface area contributed by atoms with Crippen molar-refractivity contribution in [1.29, 1.82) is 0 Å². The van der Waals surface area contributed by atoms with E-state index in [2.05, 4.69) is 4.98 Å². The van der Waals surface area contributed by atoms with E-state index in [0.717, 1.165) is 0 Å². The monoisotopic (exact) mass is 464 g/mol. The number of nitrogens with zero attached hydrogens (tertiary/aromatic N) is 2. The number of carbonyl (C=O) groups is 2. The summed E-state index contributed by atoms with van der Waals surface area (Å²) in [6.45, 7) is -0.827. The van der Waals surface area contributed by atoms with Crippen LogP contribution < -0.4 is 10.3 Å². The molecular weight excluding hydrogens is 444 g/mol. The summed E-state index contributed by atoms with van der Waals surface area (Å²) in [6.07, 6.45) is -1.77. The fourth-order valence-electron chi connectivity index (χ4n) is 3.94. The first kappa shape index (κ1) is 21.8. The third-order valence-corrected chi connectivity index (χ3v) is 5.72. The zero-order valence-corrected chi connectivity index (χ0v) is 17.8. The van der Waals surface area contributed by atoms with Gasteiger partial charge >= 0.3 is 17.9 Å². The minimum absolute atomic E-state index is 0.00212. The Hall–Kier alpha value is -4.02. The Kier molecular flexibility index (Phi) is 5.60. The lowest BCUT2D eigenvalue weighted by atomic mass is 9.97. The SMILES string of the molecule is O=C(OCC1(COC(=O)c2ccccc2)O[C@@H]2[C@@H](Oc3nc(=O)ccn32)[C@@H]1O)c1ccccc1. The summed E-state index contributed by atoms with van der Waals surface area (Å²) < 4.78 is 24.1. The number of carbonyl (C=O) groups excluding carboxylic acids is 2. The van der Waals surface area contributed by atoms with Gasteiger partial charge in [-0.05, 0) is 24.3 Å². The van der Waals surface area contributed by atoms with E-state index >= 15 is 0 Å². The molecule has 1 N–H and O–H groups in total. The number of aliphatic hydroxyl groups is 1. The molecule has 1 fully saturated rings. The maximum absolute atomic E-state index is 12.5. The van der Waals surface area contributed by atoms with Crippen molar-refractivity contribution < 1.29 is 33.6 Å². The first-order valence-corrected chi connectivity index (χ1v) is 10.5. The average molecular weight is 464 g/mol. The van der Waals surface area contributed by atoms with E-state index in [9.17, 15) is 19.5 Å². The van der Waals surface area contributed by atoms with Crippen LogP contribution >= 0.6 is 0 Å². The number of aromatic nitrogens is 2. The minimum Gasteiger partial charge on any atom is -0.459 e. The predicted molar refractivity (Wildman–Crippen MR) is 115 cm³/mol. The quantitative estimate of drug-likeness (QED) is 0.538. The molecular formula is C24H20N2O8. The summed E-state index contributed by atoms with van der Waals surface area (Å²) in [6, 6.07) is 17.9. The molecule has 0 saturated carbocycles. The van der Waals surface area contributed by atoms with E-state index in [1.807, 2.05) is 0 Å². The standard InChI is InChI=1S/C24H20N2O8/c27-17-11-12-26-20-18(33-23(26)25-17)19(28)24(34-20,13-31-21(29)15-7-3-1-4-8-15)14-32-22(30)16-9-5-2-6-10-16/h1-12,18-20,28H,13-14H2/t18-,19-,20+/m0/s1. The molecule has 0 amide bonds. The van der Waals surface area contributed by atoms with Gasteiger partial charge in [0.15, 0.2) is 17.9 Å². The van der Waals surface area contributed by atoms with E-state index in [-0.39, 0.29) is 6.01 Å². The Morgan fingerprint density at radius 1 is 0.941 bits per heavy atom. The Bertz CT molecular complexity index is 1210. The Morgan fingerprint density at radius 3 is 2.06 bits per heavy atom. The molecule has 0 spiro atoms. The lowest BCUT2D eigenvalue weighted by Crippen LogP contribution is -2.52. The van der Waals surface area contributed by atoms with Crippen LogP contribution in [0.3, 0.4) is 0 Å². The van der Waals surface area contributed by atoms with Gasteiger partial charge in [0.1, 0.15) is 19.3 Å². The third-order valence-electron chi connectivity index (χ3n) is 5.72. The highest BCUT2D eigenvalue weighted by atomic mass is 16.7. The van der Waals surface area contributed by atoms with Crippen LogP contribution in [-0.2, 0) is 14.2 Å². The molecule has 2 aromatic carbocycles. The van der Waals surface area contributed by atoms with Gasteiger partial charge in [0.05, 0.1) is 11.1 Å². The lowest BCUT2D eigenvalue weighted by Gasteiger charge is -2.31. The summed E-state index contributed by atoms with van der Waals surface area (Å²) in [7, 11) is 0. The minimum atomic E-state index is -1.62. The first-order valence-electron chi connectivity index (χ1n) is 10.5. The van der Waals surface area contributed by atoms with E-state index < -0.39 is 54.7 Å². The summed E-state index contributed by atoms with van der Waals surface area (Å²) >= 11 is 0. The average Bonchev–Trinajstić information content (AvgIpc) is 3.35. The molecule has 10 heteroatoms. The van der Waals surface area contributed by atoms with Crippen molar-refractivity contribution in [2.75, 3.05) is 13.2 Å². The van der Waals surface area contributed by atoms with Crippen LogP contribution in [0.5, 0.6) is 6.01 Å². The molecule has 1 saturated heterocycles. The second kappa shape index (κ2) is 8.73. The second-order valence-electron chi connectivity index (χ2n) is 7.94. The van der Waals surface area contributed by atoms with Crippen molar-refractivity contribution in [3.05, 3.63) is 94.4 Å². The number of hydrogen-bond donors (Lipinski definition) is 1.